The number of pyridine rings is 1. The molecule has 5 heteroatoms. The maximum atomic E-state index is 5.93. The van der Waals surface area contributed by atoms with Crippen molar-refractivity contribution in [2.45, 2.75) is 20.1 Å². The molecule has 0 spiro atoms. The quantitative estimate of drug-likeness (QED) is 0.920. The van der Waals surface area contributed by atoms with E-state index in [0.29, 0.717) is 18.2 Å². The standard InChI is InChI=1S/C15H17ClN2O2/c1-10-5-14(19-2)7-13(18-10)9-20-15-4-3-12(16)6-11(15)8-17/h3-7H,8-9,17H2,1-2H3. The molecule has 0 radical (unpaired) electrons. The van der Waals surface area contributed by atoms with Crippen molar-refractivity contribution in [2.24, 2.45) is 5.73 Å². The van der Waals surface area contributed by atoms with Gasteiger partial charge in [-0.3, -0.25) is 4.98 Å². The number of aryl methyl sites for hydroxylation is 1. The highest BCUT2D eigenvalue weighted by molar-refractivity contribution is 6.30. The van der Waals surface area contributed by atoms with Crippen LogP contribution in [-0.4, -0.2) is 12.1 Å². The monoisotopic (exact) mass is 292 g/mol. The van der Waals surface area contributed by atoms with E-state index in [1.165, 1.54) is 0 Å². The first-order valence-corrected chi connectivity index (χ1v) is 6.63. The molecule has 0 amide bonds. The van der Waals surface area contributed by atoms with E-state index in [1.54, 1.807) is 19.2 Å². The number of hydrogen-bond acceptors (Lipinski definition) is 4. The molecule has 2 rings (SSSR count). The smallest absolute Gasteiger partial charge is 0.130 e. The molecule has 0 aliphatic heterocycles. The first-order chi connectivity index (χ1) is 9.62. The Balaban J connectivity index is 2.14. The van der Waals surface area contributed by atoms with Crippen molar-refractivity contribution in [2.75, 3.05) is 7.11 Å². The second-order valence-electron chi connectivity index (χ2n) is 4.38. The number of nitrogens with two attached hydrogens (primary N) is 1. The molecule has 0 bridgehead atoms. The van der Waals surface area contributed by atoms with Crippen molar-refractivity contribution in [1.82, 2.24) is 4.98 Å². The molecule has 20 heavy (non-hydrogen) atoms. The van der Waals surface area contributed by atoms with Crippen molar-refractivity contribution in [1.29, 1.82) is 0 Å². The van der Waals surface area contributed by atoms with Crippen LogP contribution in [0.15, 0.2) is 30.3 Å². The van der Waals surface area contributed by atoms with Gasteiger partial charge < -0.3 is 15.2 Å². The zero-order valence-electron chi connectivity index (χ0n) is 11.5. The molecule has 0 fully saturated rings. The third kappa shape index (κ3) is 3.62. The molecule has 0 aliphatic rings. The highest BCUT2D eigenvalue weighted by Gasteiger charge is 2.06. The van der Waals surface area contributed by atoms with E-state index in [2.05, 4.69) is 4.98 Å². The van der Waals surface area contributed by atoms with Crippen molar-refractivity contribution >= 4 is 11.6 Å². The molecule has 0 saturated carbocycles. The SMILES string of the molecule is COc1cc(C)nc(COc2ccc(Cl)cc2CN)c1. The summed E-state index contributed by atoms with van der Waals surface area (Å²) >= 11 is 5.93. The second kappa shape index (κ2) is 6.59. The number of rotatable bonds is 5. The van der Waals surface area contributed by atoms with Crippen LogP contribution in [0.2, 0.25) is 5.02 Å². The van der Waals surface area contributed by atoms with Gasteiger partial charge in [0.2, 0.25) is 0 Å². The number of halogens is 1. The van der Waals surface area contributed by atoms with Crippen LogP contribution in [0.25, 0.3) is 0 Å². The van der Waals surface area contributed by atoms with E-state index in [-0.39, 0.29) is 0 Å². The lowest BCUT2D eigenvalue weighted by Crippen LogP contribution is -2.04. The maximum absolute atomic E-state index is 5.93. The van der Waals surface area contributed by atoms with E-state index in [4.69, 9.17) is 26.8 Å². The maximum Gasteiger partial charge on any atom is 0.130 e. The Bertz CT molecular complexity index is 602. The third-order valence-electron chi connectivity index (χ3n) is 2.83. The van der Waals surface area contributed by atoms with Crippen molar-refractivity contribution < 1.29 is 9.47 Å². The Kier molecular flexibility index (Phi) is 4.82. The van der Waals surface area contributed by atoms with Crippen LogP contribution < -0.4 is 15.2 Å². The molecule has 1 aromatic carbocycles. The van der Waals surface area contributed by atoms with Crippen LogP contribution in [0.1, 0.15) is 17.0 Å². The fourth-order valence-electron chi connectivity index (χ4n) is 1.89. The van der Waals surface area contributed by atoms with Gasteiger partial charge in [-0.1, -0.05) is 11.6 Å². The van der Waals surface area contributed by atoms with Gasteiger partial charge in [0.25, 0.3) is 0 Å². The van der Waals surface area contributed by atoms with E-state index >= 15 is 0 Å². The summed E-state index contributed by atoms with van der Waals surface area (Å²) in [4.78, 5) is 4.41. The predicted molar refractivity (Wildman–Crippen MR) is 79.2 cm³/mol. The summed E-state index contributed by atoms with van der Waals surface area (Å²) in [5, 5.41) is 0.646. The topological polar surface area (TPSA) is 57.4 Å². The minimum atomic E-state index is 0.354. The van der Waals surface area contributed by atoms with E-state index in [0.717, 1.165) is 28.5 Å². The molecular formula is C15H17ClN2O2. The number of nitrogens with zero attached hydrogens (tertiary/aromatic N) is 1. The summed E-state index contributed by atoms with van der Waals surface area (Å²) in [5.41, 5.74) is 8.25. The van der Waals surface area contributed by atoms with Crippen molar-refractivity contribution in [3.8, 4) is 11.5 Å². The average Bonchev–Trinajstić information content (AvgIpc) is 2.45. The van der Waals surface area contributed by atoms with Gasteiger partial charge in [-0.2, -0.15) is 0 Å². The van der Waals surface area contributed by atoms with Crippen LogP contribution in [0.4, 0.5) is 0 Å². The predicted octanol–water partition coefficient (Wildman–Crippen LogP) is 3.09. The lowest BCUT2D eigenvalue weighted by Gasteiger charge is -2.11. The molecule has 2 aromatic rings. The zero-order valence-corrected chi connectivity index (χ0v) is 12.3. The third-order valence-corrected chi connectivity index (χ3v) is 3.07. The number of benzene rings is 1. The first-order valence-electron chi connectivity index (χ1n) is 6.25. The number of hydrogen-bond donors (Lipinski definition) is 1. The summed E-state index contributed by atoms with van der Waals surface area (Å²) in [6.07, 6.45) is 0. The fourth-order valence-corrected chi connectivity index (χ4v) is 2.09. The molecule has 1 aromatic heterocycles. The second-order valence-corrected chi connectivity index (χ2v) is 4.82. The van der Waals surface area contributed by atoms with Gasteiger partial charge in [0.1, 0.15) is 18.1 Å². The van der Waals surface area contributed by atoms with Gasteiger partial charge in [-0.25, -0.2) is 0 Å². The Morgan fingerprint density at radius 3 is 2.75 bits per heavy atom. The van der Waals surface area contributed by atoms with Gasteiger partial charge in [-0.15, -0.1) is 0 Å². The summed E-state index contributed by atoms with van der Waals surface area (Å²) in [6.45, 7) is 2.65. The van der Waals surface area contributed by atoms with E-state index in [9.17, 15) is 0 Å². The average molecular weight is 293 g/mol. The summed E-state index contributed by atoms with van der Waals surface area (Å²) < 4.78 is 11.0. The lowest BCUT2D eigenvalue weighted by atomic mass is 10.2. The minimum absolute atomic E-state index is 0.354. The van der Waals surface area contributed by atoms with Crippen LogP contribution in [0, 0.1) is 6.92 Å². The van der Waals surface area contributed by atoms with Crippen molar-refractivity contribution in [3.63, 3.8) is 0 Å². The summed E-state index contributed by atoms with van der Waals surface area (Å²) in [6, 6.07) is 9.13. The highest BCUT2D eigenvalue weighted by Crippen LogP contribution is 2.23. The normalized spacial score (nSPS) is 10.4. The molecule has 0 saturated heterocycles. The van der Waals surface area contributed by atoms with Crippen LogP contribution in [0.3, 0.4) is 0 Å². The molecule has 2 N–H and O–H groups in total. The van der Waals surface area contributed by atoms with E-state index in [1.807, 2.05) is 25.1 Å². The molecule has 4 nitrogen and oxygen atoms in total. The zero-order chi connectivity index (χ0) is 14.5. The van der Waals surface area contributed by atoms with Gasteiger partial charge in [0.15, 0.2) is 0 Å². The largest absolute Gasteiger partial charge is 0.497 e. The van der Waals surface area contributed by atoms with Gasteiger partial charge in [0.05, 0.1) is 12.8 Å². The fraction of sp³-hybridized carbons (Fsp3) is 0.267. The van der Waals surface area contributed by atoms with Crippen LogP contribution in [0.5, 0.6) is 11.5 Å². The van der Waals surface area contributed by atoms with Gasteiger partial charge in [0, 0.05) is 35.0 Å². The first kappa shape index (κ1) is 14.6. The van der Waals surface area contributed by atoms with Crippen LogP contribution >= 0.6 is 11.6 Å². The summed E-state index contributed by atoms with van der Waals surface area (Å²) in [7, 11) is 1.63. The Labute approximate surface area is 123 Å². The summed E-state index contributed by atoms with van der Waals surface area (Å²) in [5.74, 6) is 1.49. The lowest BCUT2D eigenvalue weighted by molar-refractivity contribution is 0.297. The Hall–Kier alpha value is -1.78. The Morgan fingerprint density at radius 1 is 1.25 bits per heavy atom. The Morgan fingerprint density at radius 2 is 2.05 bits per heavy atom. The number of aromatic nitrogens is 1. The van der Waals surface area contributed by atoms with Crippen molar-refractivity contribution in [3.05, 3.63) is 52.3 Å². The number of ether oxygens (including phenoxy) is 2. The van der Waals surface area contributed by atoms with Gasteiger partial charge >= 0.3 is 0 Å². The molecular weight excluding hydrogens is 276 g/mol. The minimum Gasteiger partial charge on any atom is -0.497 e. The van der Waals surface area contributed by atoms with Gasteiger partial charge in [-0.05, 0) is 25.1 Å². The van der Waals surface area contributed by atoms with Crippen LogP contribution in [-0.2, 0) is 13.2 Å². The molecule has 0 atom stereocenters. The highest BCUT2D eigenvalue weighted by atomic mass is 35.5. The number of methoxy groups -OCH3 is 1. The molecule has 1 heterocycles. The molecule has 106 valence electrons. The molecule has 0 aliphatic carbocycles. The molecule has 0 unspecified atom stereocenters. The van der Waals surface area contributed by atoms with E-state index < -0.39 is 0 Å².